The summed E-state index contributed by atoms with van der Waals surface area (Å²) in [6.45, 7) is 8.23. The fourth-order valence-electron chi connectivity index (χ4n) is 8.08. The van der Waals surface area contributed by atoms with Crippen molar-refractivity contribution in [3.8, 4) is 11.6 Å². The van der Waals surface area contributed by atoms with Crippen LogP contribution < -0.4 is 14.8 Å². The summed E-state index contributed by atoms with van der Waals surface area (Å²) < 4.78 is 35.0. The number of benzene rings is 1. The summed E-state index contributed by atoms with van der Waals surface area (Å²) in [6.07, 6.45) is 4.21. The Morgan fingerprint density at radius 1 is 1.11 bits per heavy atom. The summed E-state index contributed by atoms with van der Waals surface area (Å²) in [4.78, 5) is 51.7. The van der Waals surface area contributed by atoms with Gasteiger partial charge in [-0.15, -0.1) is 0 Å². The Hall–Kier alpha value is -3.50. The molecule has 1 N–H and O–H groups in total. The molecule has 0 radical (unpaired) electrons. The van der Waals surface area contributed by atoms with E-state index in [1.165, 1.54) is 18.2 Å². The number of methoxy groups -OCH3 is 1. The third-order valence-electron chi connectivity index (χ3n) is 10.7. The van der Waals surface area contributed by atoms with Crippen molar-refractivity contribution >= 4 is 28.8 Å². The van der Waals surface area contributed by atoms with Crippen molar-refractivity contribution in [2.45, 2.75) is 116 Å². The van der Waals surface area contributed by atoms with E-state index in [1.54, 1.807) is 20.1 Å². The largest absolute Gasteiger partial charge is 0.497 e. The number of halogens is 1. The second-order valence-corrected chi connectivity index (χ2v) is 14.8. The fraction of sp³-hybridized carbons (Fsp3) is 0.686. The van der Waals surface area contributed by atoms with Gasteiger partial charge in [0.05, 0.1) is 24.7 Å². The average Bonchev–Trinajstić information content (AvgIpc) is 3.59. The number of carbonyl (C=O) groups is 3. The summed E-state index contributed by atoms with van der Waals surface area (Å²) in [5.41, 5.74) is -1.13. The van der Waals surface area contributed by atoms with E-state index in [9.17, 15) is 14.4 Å². The molecule has 1 aromatic heterocycles. The van der Waals surface area contributed by atoms with E-state index >= 15 is 4.39 Å². The third kappa shape index (κ3) is 6.01. The van der Waals surface area contributed by atoms with Gasteiger partial charge in [-0.3, -0.25) is 9.59 Å². The molecule has 2 aliphatic heterocycles. The number of nitrogens with zero attached hydrogens (tertiary/aromatic N) is 3. The number of nitrogens with one attached hydrogen (secondary N) is 1. The Labute approximate surface area is 270 Å². The highest BCUT2D eigenvalue weighted by molar-refractivity contribution is 5.93. The van der Waals surface area contributed by atoms with Gasteiger partial charge in [-0.2, -0.15) is 0 Å². The maximum absolute atomic E-state index is 17.2. The summed E-state index contributed by atoms with van der Waals surface area (Å²) in [7, 11) is 1.57. The first-order valence-electron chi connectivity index (χ1n) is 16.8. The summed E-state index contributed by atoms with van der Waals surface area (Å²) in [5, 5.41) is 2.83. The van der Waals surface area contributed by atoms with Crippen LogP contribution >= 0.6 is 0 Å². The van der Waals surface area contributed by atoms with Crippen LogP contribution in [-0.2, 0) is 20.7 Å². The zero-order valence-corrected chi connectivity index (χ0v) is 27.8. The predicted molar refractivity (Wildman–Crippen MR) is 169 cm³/mol. The molecule has 2 amide bonds. The Kier molecular flexibility index (Phi) is 8.65. The van der Waals surface area contributed by atoms with E-state index in [0.29, 0.717) is 46.7 Å². The quantitative estimate of drug-likeness (QED) is 0.463. The number of aryl methyl sites for hydroxylation is 1. The highest BCUT2D eigenvalue weighted by Gasteiger charge is 2.61. The van der Waals surface area contributed by atoms with Gasteiger partial charge in [0, 0.05) is 6.07 Å². The molecule has 3 heterocycles. The van der Waals surface area contributed by atoms with Crippen LogP contribution in [0.15, 0.2) is 18.2 Å². The molecule has 2 bridgehead atoms. The molecule has 3 fully saturated rings. The van der Waals surface area contributed by atoms with Gasteiger partial charge in [0.15, 0.2) is 17.6 Å². The number of rotatable bonds is 3. The lowest BCUT2D eigenvalue weighted by atomic mass is 9.85. The number of Topliss-reactive ketones (excluding diaryl/α,β-unsaturated/α-hetero) is 1. The smallest absolute Gasteiger partial charge is 0.408 e. The molecule has 6 rings (SSSR count). The van der Waals surface area contributed by atoms with Crippen LogP contribution in [-0.4, -0.2) is 76.3 Å². The number of alkyl halides is 1. The summed E-state index contributed by atoms with van der Waals surface area (Å²) in [5.74, 6) is 1.23. The Balaban J connectivity index is 1.40. The van der Waals surface area contributed by atoms with Crippen molar-refractivity contribution in [1.82, 2.24) is 20.2 Å². The van der Waals surface area contributed by atoms with E-state index < -0.39 is 47.1 Å². The number of ketones is 1. The maximum atomic E-state index is 17.2. The van der Waals surface area contributed by atoms with E-state index in [0.717, 1.165) is 32.1 Å². The lowest BCUT2D eigenvalue weighted by Gasteiger charge is -2.36. The minimum Gasteiger partial charge on any atom is -0.497 e. The first-order chi connectivity index (χ1) is 21.8. The minimum atomic E-state index is -2.20. The molecular formula is C35H47FN4O6. The predicted octanol–water partition coefficient (Wildman–Crippen LogP) is 5.59. The Morgan fingerprint density at radius 2 is 1.89 bits per heavy atom. The second kappa shape index (κ2) is 12.3. The van der Waals surface area contributed by atoms with E-state index in [1.807, 2.05) is 32.9 Å². The maximum Gasteiger partial charge on any atom is 0.408 e. The van der Waals surface area contributed by atoms with Gasteiger partial charge in [-0.05, 0) is 80.8 Å². The topological polar surface area (TPSA) is 120 Å². The molecule has 1 saturated heterocycles. The SMILES string of the molecule is CC[C@]1(F)[C@@H]2CN(C(=O)[C@H](C(C)(C)C)NC(=O)O[C@@H]3CC4CC4[C@H]3CCCCCc3nc4ccc(OC)cc4nc3O2)[C@@H]1C(C)=O. The van der Waals surface area contributed by atoms with E-state index in [2.05, 4.69) is 5.32 Å². The van der Waals surface area contributed by atoms with Crippen molar-refractivity contribution in [3.63, 3.8) is 0 Å². The number of amides is 2. The minimum absolute atomic E-state index is 0.0725. The number of ether oxygens (including phenoxy) is 3. The monoisotopic (exact) mass is 638 g/mol. The Bertz CT molecular complexity index is 1510. The number of hydrogen-bond donors (Lipinski definition) is 1. The molecule has 46 heavy (non-hydrogen) atoms. The van der Waals surface area contributed by atoms with E-state index in [4.69, 9.17) is 24.2 Å². The van der Waals surface area contributed by atoms with E-state index in [-0.39, 0.29) is 24.9 Å². The van der Waals surface area contributed by atoms with Crippen molar-refractivity contribution in [1.29, 1.82) is 0 Å². The van der Waals surface area contributed by atoms with Crippen LogP contribution in [0.1, 0.15) is 85.3 Å². The molecule has 0 spiro atoms. The highest BCUT2D eigenvalue weighted by Crippen LogP contribution is 2.57. The van der Waals surface area contributed by atoms with Crippen LogP contribution in [0, 0.1) is 23.2 Å². The van der Waals surface area contributed by atoms with Gasteiger partial charge < -0.3 is 24.4 Å². The van der Waals surface area contributed by atoms with Gasteiger partial charge in [-0.25, -0.2) is 19.2 Å². The van der Waals surface area contributed by atoms with Crippen LogP contribution in [0.25, 0.3) is 11.0 Å². The van der Waals surface area contributed by atoms with Gasteiger partial charge in [0.1, 0.15) is 29.6 Å². The number of carbonyl (C=O) groups excluding carboxylic acids is 3. The van der Waals surface area contributed by atoms with Crippen LogP contribution in [0.5, 0.6) is 11.6 Å². The van der Waals surface area contributed by atoms with Gasteiger partial charge >= 0.3 is 6.09 Å². The third-order valence-corrected chi connectivity index (χ3v) is 10.7. The first kappa shape index (κ1) is 32.4. The molecule has 2 aliphatic carbocycles. The molecule has 2 aromatic rings. The van der Waals surface area contributed by atoms with Crippen LogP contribution in [0.4, 0.5) is 9.18 Å². The molecule has 250 valence electrons. The van der Waals surface area contributed by atoms with Crippen LogP contribution in [0.2, 0.25) is 0 Å². The van der Waals surface area contributed by atoms with Crippen molar-refractivity contribution in [3.05, 3.63) is 23.9 Å². The van der Waals surface area contributed by atoms with Gasteiger partial charge in [0.25, 0.3) is 0 Å². The lowest BCUT2D eigenvalue weighted by molar-refractivity contribution is -0.143. The number of hydrogen-bond acceptors (Lipinski definition) is 8. The van der Waals surface area contributed by atoms with Crippen LogP contribution in [0.3, 0.4) is 0 Å². The normalized spacial score (nSPS) is 33.5. The standard InChI is InChI=1S/C35H47FN4O6/c1-7-35(36)28-18-40(30(35)19(2)41)32(42)29(34(3,4)5)39-33(43)45-27-16-20-15-23(20)22(27)11-9-8-10-12-25-31(46-28)38-26-17-21(44-6)13-14-24(26)37-25/h13-14,17,20,22-23,27-30H,7-12,15-16,18H2,1-6H3,(H,39,43)/t20?,22-,23?,27-,28+,29-,30-,35+/m1/s1. The lowest BCUT2D eigenvalue weighted by Crippen LogP contribution is -2.59. The van der Waals surface area contributed by atoms with Gasteiger partial charge in [-0.1, -0.05) is 40.5 Å². The molecule has 11 heteroatoms. The molecule has 2 saturated carbocycles. The Morgan fingerprint density at radius 3 is 2.59 bits per heavy atom. The zero-order valence-electron chi connectivity index (χ0n) is 27.8. The van der Waals surface area contributed by atoms with Crippen molar-refractivity contribution < 1.29 is 33.0 Å². The molecule has 8 atom stereocenters. The van der Waals surface area contributed by atoms with Gasteiger partial charge in [0.2, 0.25) is 11.8 Å². The number of aromatic nitrogens is 2. The fourth-order valence-corrected chi connectivity index (χ4v) is 8.08. The molecule has 4 aliphatic rings. The highest BCUT2D eigenvalue weighted by atomic mass is 19.1. The van der Waals surface area contributed by atoms with Crippen molar-refractivity contribution in [2.24, 2.45) is 23.2 Å². The zero-order chi connectivity index (χ0) is 33.0. The summed E-state index contributed by atoms with van der Waals surface area (Å²) >= 11 is 0. The molecule has 2 unspecified atom stereocenters. The average molecular weight is 639 g/mol. The van der Waals surface area contributed by atoms with Crippen molar-refractivity contribution in [2.75, 3.05) is 13.7 Å². The number of alkyl carbamates (subject to hydrolysis) is 1. The molecule has 1 aromatic carbocycles. The summed E-state index contributed by atoms with van der Waals surface area (Å²) in [6, 6.07) is 2.96. The number of fused-ring (bicyclic) bond motifs is 7. The second-order valence-electron chi connectivity index (χ2n) is 14.8. The molecular weight excluding hydrogens is 591 g/mol. The molecule has 10 nitrogen and oxygen atoms in total. The first-order valence-corrected chi connectivity index (χ1v) is 16.8.